The minimum Gasteiger partial charge on any atom is -0.493 e. The lowest BCUT2D eigenvalue weighted by Crippen LogP contribution is -2.40. The van der Waals surface area contributed by atoms with Gasteiger partial charge in [-0.2, -0.15) is 0 Å². The van der Waals surface area contributed by atoms with E-state index in [-0.39, 0.29) is 18.5 Å². The number of nitrogens with one attached hydrogen (secondary N) is 2. The zero-order chi connectivity index (χ0) is 23.3. The highest BCUT2D eigenvalue weighted by molar-refractivity contribution is 5.85. The largest absolute Gasteiger partial charge is 0.493 e. The van der Waals surface area contributed by atoms with Crippen LogP contribution in [0, 0.1) is 0 Å². The molecule has 2 rings (SSSR count). The van der Waals surface area contributed by atoms with Crippen molar-refractivity contribution < 1.29 is 14.3 Å². The molecule has 32 heavy (non-hydrogen) atoms. The number of methoxy groups -OCH3 is 1. The molecule has 1 atom stereocenters. The third-order valence-electron chi connectivity index (χ3n) is 4.99. The van der Waals surface area contributed by atoms with Crippen LogP contribution in [0.5, 0.6) is 11.5 Å². The molecule has 0 bridgehead atoms. The number of aryl methyl sites for hydroxylation is 1. The SMILES string of the molecule is CCOc1cc(CCCNC(=NCC(=O)N(C)C)NC(C)c2ccccc2)ccc1OC. The van der Waals surface area contributed by atoms with Crippen LogP contribution in [0.25, 0.3) is 0 Å². The topological polar surface area (TPSA) is 75.2 Å². The van der Waals surface area contributed by atoms with Gasteiger partial charge in [0.05, 0.1) is 19.8 Å². The Morgan fingerprint density at radius 1 is 1.12 bits per heavy atom. The zero-order valence-corrected chi connectivity index (χ0v) is 19.9. The van der Waals surface area contributed by atoms with Crippen LogP contribution in [-0.2, 0) is 11.2 Å². The lowest BCUT2D eigenvalue weighted by Gasteiger charge is -2.19. The molecule has 7 heteroatoms. The summed E-state index contributed by atoms with van der Waals surface area (Å²) in [5, 5.41) is 6.76. The monoisotopic (exact) mass is 440 g/mol. The summed E-state index contributed by atoms with van der Waals surface area (Å²) in [7, 11) is 5.11. The van der Waals surface area contributed by atoms with Crippen LogP contribution in [0.15, 0.2) is 53.5 Å². The first kappa shape index (κ1) is 25.0. The van der Waals surface area contributed by atoms with Crippen molar-refractivity contribution in [1.82, 2.24) is 15.5 Å². The predicted molar refractivity (Wildman–Crippen MR) is 129 cm³/mol. The van der Waals surface area contributed by atoms with Crippen LogP contribution in [0.2, 0.25) is 0 Å². The summed E-state index contributed by atoms with van der Waals surface area (Å²) in [6.45, 7) is 5.45. The number of carbonyl (C=O) groups is 1. The Labute approximate surface area is 191 Å². The molecule has 0 heterocycles. The summed E-state index contributed by atoms with van der Waals surface area (Å²) in [4.78, 5) is 18.0. The number of guanidine groups is 1. The molecule has 0 saturated heterocycles. The summed E-state index contributed by atoms with van der Waals surface area (Å²) >= 11 is 0. The van der Waals surface area contributed by atoms with Gasteiger partial charge >= 0.3 is 0 Å². The molecule has 0 aliphatic rings. The molecule has 2 aromatic rings. The van der Waals surface area contributed by atoms with E-state index in [1.54, 1.807) is 26.1 Å². The molecule has 2 N–H and O–H groups in total. The van der Waals surface area contributed by atoms with Gasteiger partial charge in [-0.05, 0) is 49.9 Å². The summed E-state index contributed by atoms with van der Waals surface area (Å²) < 4.78 is 11.0. The van der Waals surface area contributed by atoms with Gasteiger partial charge in [0.1, 0.15) is 6.54 Å². The van der Waals surface area contributed by atoms with Gasteiger partial charge in [0, 0.05) is 20.6 Å². The summed E-state index contributed by atoms with van der Waals surface area (Å²) in [6, 6.07) is 16.3. The molecule has 0 saturated carbocycles. The Hall–Kier alpha value is -3.22. The van der Waals surface area contributed by atoms with E-state index in [2.05, 4.69) is 40.7 Å². The number of rotatable bonds is 11. The molecule has 174 valence electrons. The molecule has 2 aromatic carbocycles. The minimum atomic E-state index is -0.0415. The van der Waals surface area contributed by atoms with E-state index in [1.807, 2.05) is 37.3 Å². The number of aliphatic imine (C=N–C) groups is 1. The average molecular weight is 441 g/mol. The first-order chi connectivity index (χ1) is 15.4. The first-order valence-electron chi connectivity index (χ1n) is 11.0. The average Bonchev–Trinajstić information content (AvgIpc) is 2.80. The van der Waals surface area contributed by atoms with Crippen LogP contribution < -0.4 is 20.1 Å². The van der Waals surface area contributed by atoms with Gasteiger partial charge in [0.25, 0.3) is 0 Å². The van der Waals surface area contributed by atoms with Gasteiger partial charge in [-0.3, -0.25) is 4.79 Å². The minimum absolute atomic E-state index is 0.0415. The maximum Gasteiger partial charge on any atom is 0.243 e. The lowest BCUT2D eigenvalue weighted by molar-refractivity contribution is -0.127. The first-order valence-corrected chi connectivity index (χ1v) is 11.0. The lowest BCUT2D eigenvalue weighted by atomic mass is 10.1. The van der Waals surface area contributed by atoms with Crippen molar-refractivity contribution in [2.24, 2.45) is 4.99 Å². The predicted octanol–water partition coefficient (Wildman–Crippen LogP) is 3.41. The quantitative estimate of drug-likeness (QED) is 0.318. The van der Waals surface area contributed by atoms with Gasteiger partial charge in [0.2, 0.25) is 5.91 Å². The van der Waals surface area contributed by atoms with Gasteiger partial charge < -0.3 is 25.0 Å². The third kappa shape index (κ3) is 8.13. The number of carbonyl (C=O) groups excluding carboxylic acids is 1. The van der Waals surface area contributed by atoms with Crippen molar-refractivity contribution in [2.45, 2.75) is 32.7 Å². The van der Waals surface area contributed by atoms with Gasteiger partial charge in [-0.25, -0.2) is 4.99 Å². The molecule has 7 nitrogen and oxygen atoms in total. The Bertz CT molecular complexity index is 869. The fourth-order valence-electron chi connectivity index (χ4n) is 3.12. The van der Waals surface area contributed by atoms with E-state index in [9.17, 15) is 4.79 Å². The van der Waals surface area contributed by atoms with E-state index in [0.29, 0.717) is 12.6 Å². The molecule has 1 unspecified atom stereocenters. The normalized spacial score (nSPS) is 12.1. The van der Waals surface area contributed by atoms with Crippen molar-refractivity contribution >= 4 is 11.9 Å². The smallest absolute Gasteiger partial charge is 0.243 e. The summed E-state index contributed by atoms with van der Waals surface area (Å²) in [5.74, 6) is 2.09. The van der Waals surface area contributed by atoms with E-state index < -0.39 is 0 Å². The number of ether oxygens (including phenoxy) is 2. The van der Waals surface area contributed by atoms with Gasteiger partial charge in [-0.15, -0.1) is 0 Å². The van der Waals surface area contributed by atoms with E-state index in [0.717, 1.165) is 36.4 Å². The number of hydrogen-bond acceptors (Lipinski definition) is 4. The van der Waals surface area contributed by atoms with Gasteiger partial charge in [0.15, 0.2) is 17.5 Å². The third-order valence-corrected chi connectivity index (χ3v) is 4.99. The second-order valence-corrected chi connectivity index (χ2v) is 7.68. The number of likely N-dealkylation sites (N-methyl/N-ethyl adjacent to an activating group) is 1. The maximum atomic E-state index is 12.0. The molecular formula is C25H36N4O3. The fraction of sp³-hybridized carbons (Fsp3) is 0.440. The van der Waals surface area contributed by atoms with E-state index in [4.69, 9.17) is 9.47 Å². The molecule has 0 aliphatic carbocycles. The van der Waals surface area contributed by atoms with Crippen LogP contribution in [0.1, 0.15) is 37.4 Å². The molecule has 1 amide bonds. The standard InChI is InChI=1S/C25H36N4O3/c1-6-32-23-17-20(14-15-22(23)31-5)11-10-16-26-25(27-18-24(30)29(3)4)28-19(2)21-12-8-7-9-13-21/h7-9,12-15,17,19H,6,10-11,16,18H2,1-5H3,(H2,26,27,28). The molecular weight excluding hydrogens is 404 g/mol. The van der Waals surface area contributed by atoms with Crippen molar-refractivity contribution in [3.8, 4) is 11.5 Å². The van der Waals surface area contributed by atoms with Crippen LogP contribution >= 0.6 is 0 Å². The zero-order valence-electron chi connectivity index (χ0n) is 19.9. The van der Waals surface area contributed by atoms with Gasteiger partial charge in [-0.1, -0.05) is 36.4 Å². The Balaban J connectivity index is 1.96. The molecule has 0 spiro atoms. The van der Waals surface area contributed by atoms with E-state index >= 15 is 0 Å². The number of amides is 1. The number of benzene rings is 2. The Morgan fingerprint density at radius 2 is 1.88 bits per heavy atom. The maximum absolute atomic E-state index is 12.0. The molecule has 0 aromatic heterocycles. The second-order valence-electron chi connectivity index (χ2n) is 7.68. The molecule has 0 radical (unpaired) electrons. The van der Waals surface area contributed by atoms with Crippen molar-refractivity contribution in [3.05, 3.63) is 59.7 Å². The number of hydrogen-bond donors (Lipinski definition) is 2. The van der Waals surface area contributed by atoms with Crippen LogP contribution in [0.4, 0.5) is 0 Å². The fourth-order valence-corrected chi connectivity index (χ4v) is 3.12. The summed E-state index contributed by atoms with van der Waals surface area (Å²) in [6.07, 6.45) is 1.79. The van der Waals surface area contributed by atoms with Crippen molar-refractivity contribution in [3.63, 3.8) is 0 Å². The van der Waals surface area contributed by atoms with Crippen LogP contribution in [-0.4, -0.2) is 57.7 Å². The Kier molecular flexibility index (Phi) is 10.4. The highest BCUT2D eigenvalue weighted by atomic mass is 16.5. The summed E-state index contributed by atoms with van der Waals surface area (Å²) in [5.41, 5.74) is 2.34. The highest BCUT2D eigenvalue weighted by Gasteiger charge is 2.10. The number of nitrogens with zero attached hydrogens (tertiary/aromatic N) is 2. The van der Waals surface area contributed by atoms with E-state index in [1.165, 1.54) is 5.56 Å². The van der Waals surface area contributed by atoms with Crippen molar-refractivity contribution in [2.75, 3.05) is 40.9 Å². The Morgan fingerprint density at radius 3 is 2.53 bits per heavy atom. The second kappa shape index (κ2) is 13.2. The van der Waals surface area contributed by atoms with Crippen LogP contribution in [0.3, 0.4) is 0 Å². The van der Waals surface area contributed by atoms with Crippen molar-refractivity contribution in [1.29, 1.82) is 0 Å². The molecule has 0 aliphatic heterocycles. The highest BCUT2D eigenvalue weighted by Crippen LogP contribution is 2.28. The molecule has 0 fully saturated rings.